The predicted octanol–water partition coefficient (Wildman–Crippen LogP) is 3.94. The highest BCUT2D eigenvalue weighted by molar-refractivity contribution is 5.31. The first kappa shape index (κ1) is 16.3. The van der Waals surface area contributed by atoms with Crippen molar-refractivity contribution in [2.24, 2.45) is 5.92 Å². The Morgan fingerprint density at radius 2 is 2.10 bits per heavy atom. The maximum atomic E-state index is 5.98. The number of hydrogen-bond acceptors (Lipinski definition) is 3. The molecule has 3 nitrogen and oxygen atoms in total. The Bertz CT molecular complexity index is 451. The van der Waals surface area contributed by atoms with Crippen LogP contribution in [0.2, 0.25) is 0 Å². The second-order valence-corrected chi connectivity index (χ2v) is 7.21. The lowest BCUT2D eigenvalue weighted by Gasteiger charge is -2.26. The van der Waals surface area contributed by atoms with Gasteiger partial charge in [0.2, 0.25) is 0 Å². The molecule has 1 aliphatic heterocycles. The molecule has 21 heavy (non-hydrogen) atoms. The van der Waals surface area contributed by atoms with Gasteiger partial charge in [-0.25, -0.2) is 0 Å². The van der Waals surface area contributed by atoms with Gasteiger partial charge in [-0.05, 0) is 58.7 Å². The summed E-state index contributed by atoms with van der Waals surface area (Å²) in [7, 11) is 0. The molecule has 0 radical (unpaired) electrons. The molecule has 0 bridgehead atoms. The van der Waals surface area contributed by atoms with Crippen LogP contribution in [0, 0.1) is 5.92 Å². The highest BCUT2D eigenvalue weighted by Gasteiger charge is 2.30. The summed E-state index contributed by atoms with van der Waals surface area (Å²) in [4.78, 5) is 0. The topological polar surface area (TPSA) is 30.5 Å². The Balaban J connectivity index is 2.05. The first-order valence-corrected chi connectivity index (χ1v) is 7.98. The molecule has 2 atom stereocenters. The first-order valence-electron chi connectivity index (χ1n) is 7.98. The SMILES string of the molecule is CC(C)Oc1cccc(C2OCCC2CNC(C)(C)C)c1. The molecule has 2 rings (SSSR count). The van der Waals surface area contributed by atoms with Gasteiger partial charge in [-0.3, -0.25) is 0 Å². The van der Waals surface area contributed by atoms with Crippen LogP contribution >= 0.6 is 0 Å². The van der Waals surface area contributed by atoms with Crippen LogP contribution < -0.4 is 10.1 Å². The highest BCUT2D eigenvalue weighted by Crippen LogP contribution is 2.35. The fourth-order valence-corrected chi connectivity index (χ4v) is 2.69. The lowest BCUT2D eigenvalue weighted by Crippen LogP contribution is -2.39. The Kier molecular flexibility index (Phi) is 5.28. The van der Waals surface area contributed by atoms with Crippen LogP contribution in [0.25, 0.3) is 0 Å². The molecular weight excluding hydrogens is 262 g/mol. The fraction of sp³-hybridized carbons (Fsp3) is 0.667. The zero-order valence-electron chi connectivity index (χ0n) is 14.0. The molecule has 3 heteroatoms. The molecule has 0 saturated carbocycles. The molecule has 0 amide bonds. The van der Waals surface area contributed by atoms with Crippen LogP contribution in [-0.4, -0.2) is 24.8 Å². The number of benzene rings is 1. The fourth-order valence-electron chi connectivity index (χ4n) is 2.69. The molecule has 118 valence electrons. The Hall–Kier alpha value is -1.06. The summed E-state index contributed by atoms with van der Waals surface area (Å²) < 4.78 is 11.8. The van der Waals surface area contributed by atoms with E-state index in [0.29, 0.717) is 5.92 Å². The summed E-state index contributed by atoms with van der Waals surface area (Å²) in [6.45, 7) is 12.5. The third-order valence-electron chi connectivity index (χ3n) is 3.67. The van der Waals surface area contributed by atoms with Crippen molar-refractivity contribution in [1.29, 1.82) is 0 Å². The molecule has 0 aromatic heterocycles. The van der Waals surface area contributed by atoms with Crippen molar-refractivity contribution in [2.45, 2.75) is 58.8 Å². The molecular formula is C18H29NO2. The summed E-state index contributed by atoms with van der Waals surface area (Å²) in [5, 5.41) is 3.60. The molecule has 1 saturated heterocycles. The Morgan fingerprint density at radius 1 is 1.33 bits per heavy atom. The van der Waals surface area contributed by atoms with Gasteiger partial charge in [0.05, 0.1) is 12.2 Å². The quantitative estimate of drug-likeness (QED) is 0.891. The Morgan fingerprint density at radius 3 is 2.76 bits per heavy atom. The van der Waals surface area contributed by atoms with E-state index < -0.39 is 0 Å². The summed E-state index contributed by atoms with van der Waals surface area (Å²) in [6, 6.07) is 8.34. The summed E-state index contributed by atoms with van der Waals surface area (Å²) in [5.41, 5.74) is 1.38. The molecule has 1 aliphatic rings. The molecule has 0 spiro atoms. The third-order valence-corrected chi connectivity index (χ3v) is 3.67. The number of hydrogen-bond donors (Lipinski definition) is 1. The maximum absolute atomic E-state index is 5.98. The zero-order chi connectivity index (χ0) is 15.5. The molecule has 2 unspecified atom stereocenters. The van der Waals surface area contributed by atoms with Gasteiger partial charge in [-0.15, -0.1) is 0 Å². The van der Waals surface area contributed by atoms with Crippen molar-refractivity contribution in [3.05, 3.63) is 29.8 Å². The minimum Gasteiger partial charge on any atom is -0.491 e. The van der Waals surface area contributed by atoms with E-state index in [1.807, 2.05) is 6.07 Å². The zero-order valence-corrected chi connectivity index (χ0v) is 14.0. The predicted molar refractivity (Wildman–Crippen MR) is 86.8 cm³/mol. The van der Waals surface area contributed by atoms with Gasteiger partial charge in [0.25, 0.3) is 0 Å². The van der Waals surface area contributed by atoms with Crippen LogP contribution in [0.1, 0.15) is 52.7 Å². The average molecular weight is 291 g/mol. The normalized spacial score (nSPS) is 22.8. The summed E-state index contributed by atoms with van der Waals surface area (Å²) >= 11 is 0. The van der Waals surface area contributed by atoms with E-state index in [4.69, 9.17) is 9.47 Å². The third kappa shape index (κ3) is 5.01. The van der Waals surface area contributed by atoms with Crippen LogP contribution in [0.15, 0.2) is 24.3 Å². The smallest absolute Gasteiger partial charge is 0.120 e. The van der Waals surface area contributed by atoms with Crippen LogP contribution in [0.5, 0.6) is 5.75 Å². The number of nitrogens with one attached hydrogen (secondary N) is 1. The van der Waals surface area contributed by atoms with Gasteiger partial charge in [-0.1, -0.05) is 12.1 Å². The van der Waals surface area contributed by atoms with Gasteiger partial charge in [0.15, 0.2) is 0 Å². The average Bonchev–Trinajstić information content (AvgIpc) is 2.83. The van der Waals surface area contributed by atoms with Crippen molar-refractivity contribution in [2.75, 3.05) is 13.2 Å². The van der Waals surface area contributed by atoms with E-state index in [-0.39, 0.29) is 17.7 Å². The lowest BCUT2D eigenvalue weighted by molar-refractivity contribution is 0.0885. The minimum absolute atomic E-state index is 0.149. The van der Waals surface area contributed by atoms with Crippen molar-refractivity contribution in [1.82, 2.24) is 5.32 Å². The van der Waals surface area contributed by atoms with Crippen LogP contribution in [-0.2, 0) is 4.74 Å². The van der Waals surface area contributed by atoms with Crippen LogP contribution in [0.4, 0.5) is 0 Å². The molecule has 1 aromatic rings. The van der Waals surface area contributed by atoms with E-state index >= 15 is 0 Å². The summed E-state index contributed by atoms with van der Waals surface area (Å²) in [6.07, 6.45) is 1.49. The van der Waals surface area contributed by atoms with E-state index in [2.05, 4.69) is 58.1 Å². The van der Waals surface area contributed by atoms with Crippen molar-refractivity contribution < 1.29 is 9.47 Å². The van der Waals surface area contributed by atoms with E-state index in [1.165, 1.54) is 5.56 Å². The van der Waals surface area contributed by atoms with Gasteiger partial charge in [0.1, 0.15) is 5.75 Å². The monoisotopic (exact) mass is 291 g/mol. The second-order valence-electron chi connectivity index (χ2n) is 7.21. The molecule has 1 N–H and O–H groups in total. The minimum atomic E-state index is 0.149. The van der Waals surface area contributed by atoms with Gasteiger partial charge >= 0.3 is 0 Å². The van der Waals surface area contributed by atoms with Gasteiger partial charge in [-0.2, -0.15) is 0 Å². The Labute approximate surface area is 129 Å². The highest BCUT2D eigenvalue weighted by atomic mass is 16.5. The molecule has 1 fully saturated rings. The van der Waals surface area contributed by atoms with Gasteiger partial charge < -0.3 is 14.8 Å². The molecule has 1 heterocycles. The largest absolute Gasteiger partial charge is 0.491 e. The van der Waals surface area contributed by atoms with E-state index in [1.54, 1.807) is 0 Å². The number of ether oxygens (including phenoxy) is 2. The van der Waals surface area contributed by atoms with Crippen LogP contribution in [0.3, 0.4) is 0 Å². The number of rotatable bonds is 5. The van der Waals surface area contributed by atoms with E-state index in [0.717, 1.165) is 25.3 Å². The van der Waals surface area contributed by atoms with Crippen molar-refractivity contribution >= 4 is 0 Å². The maximum Gasteiger partial charge on any atom is 0.120 e. The van der Waals surface area contributed by atoms with Crippen molar-refractivity contribution in [3.8, 4) is 5.75 Å². The summed E-state index contributed by atoms with van der Waals surface area (Å²) in [5.74, 6) is 1.46. The first-order chi connectivity index (χ1) is 9.85. The van der Waals surface area contributed by atoms with E-state index in [9.17, 15) is 0 Å². The lowest BCUT2D eigenvalue weighted by atomic mass is 9.94. The molecule has 1 aromatic carbocycles. The van der Waals surface area contributed by atoms with Gasteiger partial charge in [0, 0.05) is 24.6 Å². The second kappa shape index (κ2) is 6.80. The standard InChI is InChI=1S/C18H29NO2/c1-13(2)21-16-8-6-7-14(11-16)17-15(9-10-20-17)12-19-18(3,4)5/h6-8,11,13,15,17,19H,9-10,12H2,1-5H3. The molecule has 0 aliphatic carbocycles. The van der Waals surface area contributed by atoms with Crippen molar-refractivity contribution in [3.63, 3.8) is 0 Å².